The fourth-order valence-corrected chi connectivity index (χ4v) is 3.78. The third-order valence-corrected chi connectivity index (χ3v) is 5.51. The number of rotatable bonds is 4. The van der Waals surface area contributed by atoms with Crippen molar-refractivity contribution in [1.82, 2.24) is 19.6 Å². The van der Waals surface area contributed by atoms with Crippen LogP contribution in [-0.2, 0) is 12.7 Å². The summed E-state index contributed by atoms with van der Waals surface area (Å²) in [7, 11) is 0. The van der Waals surface area contributed by atoms with Gasteiger partial charge < -0.3 is 4.90 Å². The molecule has 2 aromatic carbocycles. The summed E-state index contributed by atoms with van der Waals surface area (Å²) in [5.74, 6) is -0.0394. The molecule has 4 rings (SSSR count). The Kier molecular flexibility index (Phi) is 5.82. The normalized spacial score (nSPS) is 15.3. The first kappa shape index (κ1) is 21.1. The molecule has 0 unspecified atom stereocenters. The van der Waals surface area contributed by atoms with Crippen molar-refractivity contribution in [3.05, 3.63) is 83.2 Å². The van der Waals surface area contributed by atoms with E-state index in [-0.39, 0.29) is 5.91 Å². The molecule has 1 aromatic heterocycles. The van der Waals surface area contributed by atoms with Gasteiger partial charge in [-0.2, -0.15) is 18.3 Å². The molecule has 8 heteroatoms. The predicted molar refractivity (Wildman–Crippen MR) is 111 cm³/mol. The summed E-state index contributed by atoms with van der Waals surface area (Å²) in [6.07, 6.45) is -2.61. The first-order valence-electron chi connectivity index (χ1n) is 10.1. The summed E-state index contributed by atoms with van der Waals surface area (Å²) in [4.78, 5) is 16.7. The second kappa shape index (κ2) is 8.55. The summed E-state index contributed by atoms with van der Waals surface area (Å²) < 4.78 is 40.5. The molecule has 0 atom stereocenters. The summed E-state index contributed by atoms with van der Waals surface area (Å²) in [6.45, 7) is 4.71. The maximum absolute atomic E-state index is 12.9. The number of benzene rings is 2. The van der Waals surface area contributed by atoms with Crippen molar-refractivity contribution in [2.45, 2.75) is 19.6 Å². The zero-order chi connectivity index (χ0) is 22.0. The van der Waals surface area contributed by atoms with Gasteiger partial charge in [0.15, 0.2) is 0 Å². The van der Waals surface area contributed by atoms with Gasteiger partial charge in [-0.1, -0.05) is 18.2 Å². The molecule has 1 aliphatic heterocycles. The summed E-state index contributed by atoms with van der Waals surface area (Å²) >= 11 is 0. The topological polar surface area (TPSA) is 41.4 Å². The van der Waals surface area contributed by atoms with Crippen molar-refractivity contribution in [3.8, 4) is 5.69 Å². The van der Waals surface area contributed by atoms with Gasteiger partial charge in [0.1, 0.15) is 0 Å². The van der Waals surface area contributed by atoms with Crippen molar-refractivity contribution < 1.29 is 18.0 Å². The Morgan fingerprint density at radius 2 is 1.71 bits per heavy atom. The van der Waals surface area contributed by atoms with E-state index in [9.17, 15) is 18.0 Å². The standard InChI is InChI=1S/C23H23F3N4O/c1-17-9-10-27-30(17)21-7-5-19(6-8-21)22(31)29-13-11-28(12-14-29)16-18-3-2-4-20(15-18)23(24,25)26/h2-10,15H,11-14,16H2,1H3. The van der Waals surface area contributed by atoms with E-state index in [0.29, 0.717) is 43.9 Å². The molecule has 31 heavy (non-hydrogen) atoms. The lowest BCUT2D eigenvalue weighted by molar-refractivity contribution is -0.137. The first-order valence-corrected chi connectivity index (χ1v) is 10.1. The van der Waals surface area contributed by atoms with Crippen LogP contribution in [0, 0.1) is 6.92 Å². The highest BCUT2D eigenvalue weighted by Gasteiger charge is 2.30. The molecule has 0 saturated carbocycles. The molecule has 0 aliphatic carbocycles. The fraction of sp³-hybridized carbons (Fsp3) is 0.304. The average molecular weight is 428 g/mol. The second-order valence-corrected chi connectivity index (χ2v) is 7.70. The van der Waals surface area contributed by atoms with Crippen LogP contribution >= 0.6 is 0 Å². The van der Waals surface area contributed by atoms with E-state index >= 15 is 0 Å². The molecule has 3 aromatic rings. The van der Waals surface area contributed by atoms with Crippen molar-refractivity contribution in [3.63, 3.8) is 0 Å². The van der Waals surface area contributed by atoms with Gasteiger partial charge in [0.25, 0.3) is 5.91 Å². The quantitative estimate of drug-likeness (QED) is 0.627. The molecule has 1 aliphatic rings. The predicted octanol–water partition coefficient (Wildman–Crippen LogP) is 4.16. The molecular formula is C23H23F3N4O. The molecule has 1 saturated heterocycles. The van der Waals surface area contributed by atoms with E-state index in [4.69, 9.17) is 0 Å². The molecule has 0 spiro atoms. The number of halogens is 3. The number of alkyl halides is 3. The number of hydrogen-bond acceptors (Lipinski definition) is 3. The van der Waals surface area contributed by atoms with E-state index in [2.05, 4.69) is 10.00 Å². The van der Waals surface area contributed by atoms with Gasteiger partial charge in [0.05, 0.1) is 11.3 Å². The minimum Gasteiger partial charge on any atom is -0.336 e. The van der Waals surface area contributed by atoms with Crippen LogP contribution in [0.25, 0.3) is 5.69 Å². The van der Waals surface area contributed by atoms with Gasteiger partial charge in [0, 0.05) is 50.2 Å². The Labute approximate surface area is 178 Å². The van der Waals surface area contributed by atoms with Crippen LogP contribution in [0.5, 0.6) is 0 Å². The molecule has 0 bridgehead atoms. The fourth-order valence-electron chi connectivity index (χ4n) is 3.78. The Morgan fingerprint density at radius 3 is 2.32 bits per heavy atom. The van der Waals surface area contributed by atoms with Gasteiger partial charge in [-0.05, 0) is 48.9 Å². The van der Waals surface area contributed by atoms with Crippen LogP contribution in [-0.4, -0.2) is 51.7 Å². The van der Waals surface area contributed by atoms with Gasteiger partial charge >= 0.3 is 6.18 Å². The number of aryl methyl sites for hydroxylation is 1. The van der Waals surface area contributed by atoms with Crippen LogP contribution in [0.1, 0.15) is 27.2 Å². The highest BCUT2D eigenvalue weighted by molar-refractivity contribution is 5.94. The molecule has 1 fully saturated rings. The highest BCUT2D eigenvalue weighted by atomic mass is 19.4. The minimum absolute atomic E-state index is 0.0394. The zero-order valence-corrected chi connectivity index (χ0v) is 17.1. The Hall–Kier alpha value is -3.13. The number of hydrogen-bond donors (Lipinski definition) is 0. The van der Waals surface area contributed by atoms with Crippen LogP contribution in [0.15, 0.2) is 60.8 Å². The molecule has 0 radical (unpaired) electrons. The molecular weight excluding hydrogens is 405 g/mol. The largest absolute Gasteiger partial charge is 0.416 e. The average Bonchev–Trinajstić information content (AvgIpc) is 3.19. The van der Waals surface area contributed by atoms with E-state index in [1.165, 1.54) is 12.1 Å². The first-order chi connectivity index (χ1) is 14.8. The van der Waals surface area contributed by atoms with Crippen LogP contribution in [0.3, 0.4) is 0 Å². The van der Waals surface area contributed by atoms with E-state index in [0.717, 1.165) is 17.4 Å². The highest BCUT2D eigenvalue weighted by Crippen LogP contribution is 2.29. The van der Waals surface area contributed by atoms with Gasteiger partial charge in [-0.25, -0.2) is 4.68 Å². The lowest BCUT2D eigenvalue weighted by Gasteiger charge is -2.35. The Balaban J connectivity index is 1.34. The van der Waals surface area contributed by atoms with Gasteiger partial charge in [-0.3, -0.25) is 9.69 Å². The van der Waals surface area contributed by atoms with E-state index in [1.54, 1.807) is 34.0 Å². The number of nitrogens with zero attached hydrogens (tertiary/aromatic N) is 4. The van der Waals surface area contributed by atoms with Crippen molar-refractivity contribution in [2.24, 2.45) is 0 Å². The smallest absolute Gasteiger partial charge is 0.336 e. The van der Waals surface area contributed by atoms with Crippen LogP contribution in [0.4, 0.5) is 13.2 Å². The third-order valence-electron chi connectivity index (χ3n) is 5.51. The summed E-state index contributed by atoms with van der Waals surface area (Å²) in [5.41, 5.74) is 2.51. The maximum Gasteiger partial charge on any atom is 0.416 e. The lowest BCUT2D eigenvalue weighted by atomic mass is 10.1. The van der Waals surface area contributed by atoms with Gasteiger partial charge in [-0.15, -0.1) is 0 Å². The molecule has 1 amide bonds. The molecule has 162 valence electrons. The number of carbonyl (C=O) groups is 1. The number of aromatic nitrogens is 2. The summed E-state index contributed by atoms with van der Waals surface area (Å²) in [6, 6.07) is 14.7. The number of piperazine rings is 1. The zero-order valence-electron chi connectivity index (χ0n) is 17.1. The van der Waals surface area contributed by atoms with Gasteiger partial charge in [0.2, 0.25) is 0 Å². The lowest BCUT2D eigenvalue weighted by Crippen LogP contribution is -2.48. The van der Waals surface area contributed by atoms with Crippen LogP contribution < -0.4 is 0 Å². The van der Waals surface area contributed by atoms with Crippen molar-refractivity contribution in [1.29, 1.82) is 0 Å². The Bertz CT molecular complexity index is 1050. The third kappa shape index (κ3) is 4.80. The number of carbonyl (C=O) groups excluding carboxylic acids is 1. The SMILES string of the molecule is Cc1ccnn1-c1ccc(C(=O)N2CCN(Cc3cccc(C(F)(F)F)c3)CC2)cc1. The molecule has 2 heterocycles. The minimum atomic E-state index is -4.34. The number of amides is 1. The summed E-state index contributed by atoms with van der Waals surface area (Å²) in [5, 5.41) is 4.27. The molecule has 5 nitrogen and oxygen atoms in total. The van der Waals surface area contributed by atoms with E-state index in [1.807, 2.05) is 25.1 Å². The monoisotopic (exact) mass is 428 g/mol. The van der Waals surface area contributed by atoms with Crippen LogP contribution in [0.2, 0.25) is 0 Å². The molecule has 0 N–H and O–H groups in total. The Morgan fingerprint density at radius 1 is 1.00 bits per heavy atom. The van der Waals surface area contributed by atoms with E-state index < -0.39 is 11.7 Å². The van der Waals surface area contributed by atoms with Crippen molar-refractivity contribution >= 4 is 5.91 Å². The van der Waals surface area contributed by atoms with Crippen molar-refractivity contribution in [2.75, 3.05) is 26.2 Å². The second-order valence-electron chi connectivity index (χ2n) is 7.70. The maximum atomic E-state index is 12.9.